The number of carbonyl (C=O) groups is 2. The van der Waals surface area contributed by atoms with Crippen LogP contribution in [0.5, 0.6) is 5.75 Å². The molecule has 3 aromatic rings. The van der Waals surface area contributed by atoms with Gasteiger partial charge in [0.2, 0.25) is 5.91 Å². The van der Waals surface area contributed by atoms with Crippen molar-refractivity contribution in [2.45, 2.75) is 26.3 Å². The van der Waals surface area contributed by atoms with Crippen molar-refractivity contribution in [3.63, 3.8) is 0 Å². The highest BCUT2D eigenvalue weighted by atomic mass is 16.3. The van der Waals surface area contributed by atoms with Gasteiger partial charge in [0.25, 0.3) is 5.91 Å². The van der Waals surface area contributed by atoms with E-state index in [2.05, 4.69) is 27.0 Å². The minimum Gasteiger partial charge on any atom is -0.508 e. The number of benzene rings is 1. The maximum absolute atomic E-state index is 13.1. The van der Waals surface area contributed by atoms with Gasteiger partial charge in [0, 0.05) is 18.8 Å². The Morgan fingerprint density at radius 3 is 2.81 bits per heavy atom. The van der Waals surface area contributed by atoms with Crippen molar-refractivity contribution in [1.82, 2.24) is 24.6 Å². The Morgan fingerprint density at radius 1 is 1.29 bits per heavy atom. The molecule has 4 rings (SSSR count). The molecule has 0 bridgehead atoms. The van der Waals surface area contributed by atoms with Crippen molar-refractivity contribution in [3.05, 3.63) is 47.9 Å². The number of hydrogen-bond donors (Lipinski definition) is 3. The van der Waals surface area contributed by atoms with Crippen LogP contribution in [0.25, 0.3) is 11.0 Å². The van der Waals surface area contributed by atoms with Crippen LogP contribution in [0.2, 0.25) is 0 Å². The zero-order chi connectivity index (χ0) is 22.3. The Hall–Kier alpha value is -3.95. The molecule has 10 nitrogen and oxygen atoms in total. The highest BCUT2D eigenvalue weighted by Crippen LogP contribution is 2.30. The molecule has 1 fully saturated rings. The van der Waals surface area contributed by atoms with Gasteiger partial charge >= 0.3 is 0 Å². The lowest BCUT2D eigenvalue weighted by atomic mass is 10.1. The van der Waals surface area contributed by atoms with E-state index in [1.165, 1.54) is 18.5 Å². The fourth-order valence-electron chi connectivity index (χ4n) is 3.80. The molecule has 1 aromatic carbocycles. The summed E-state index contributed by atoms with van der Waals surface area (Å²) >= 11 is 0. The molecule has 1 aliphatic heterocycles. The summed E-state index contributed by atoms with van der Waals surface area (Å²) in [5.74, 6) is -0.306. The summed E-state index contributed by atoms with van der Waals surface area (Å²) in [5.41, 5.74) is 8.60. The van der Waals surface area contributed by atoms with Gasteiger partial charge in [-0.05, 0) is 49.6 Å². The molecule has 0 spiro atoms. The number of amides is 2. The van der Waals surface area contributed by atoms with E-state index < -0.39 is 5.91 Å². The Balaban J connectivity index is 1.72. The average molecular weight is 421 g/mol. The largest absolute Gasteiger partial charge is 0.508 e. The normalized spacial score (nSPS) is 15.9. The SMILES string of the molecule is C=CC(=O)N1CCC(n2nc(C(=O)Nc3ccc(O)c(C)c3C)c3c(N)ncnc32)C1. The van der Waals surface area contributed by atoms with Crippen molar-refractivity contribution in [2.24, 2.45) is 0 Å². The van der Waals surface area contributed by atoms with E-state index in [4.69, 9.17) is 5.73 Å². The number of phenolic OH excluding ortho intramolecular Hbond substituents is 1. The maximum Gasteiger partial charge on any atom is 0.277 e. The van der Waals surface area contributed by atoms with E-state index in [-0.39, 0.29) is 29.2 Å². The standard InChI is InChI=1S/C21H23N7O3/c1-4-16(30)27-8-7-13(9-27)28-20-17(19(22)23-10-24-20)18(26-28)21(31)25-14-5-6-15(29)12(3)11(14)2/h4-6,10,13,29H,1,7-9H2,2-3H3,(H,25,31)(H2,22,23,24). The molecule has 1 aliphatic rings. The third kappa shape index (κ3) is 3.45. The van der Waals surface area contributed by atoms with Gasteiger partial charge in [-0.15, -0.1) is 0 Å². The lowest BCUT2D eigenvalue weighted by Gasteiger charge is -2.14. The number of nitrogens with two attached hydrogens (primary N) is 1. The number of hydrogen-bond acceptors (Lipinski definition) is 7. The maximum atomic E-state index is 13.1. The minimum absolute atomic E-state index is 0.103. The zero-order valence-electron chi connectivity index (χ0n) is 17.3. The molecule has 1 unspecified atom stereocenters. The Labute approximate surface area is 178 Å². The van der Waals surface area contributed by atoms with E-state index in [1.54, 1.807) is 22.6 Å². The van der Waals surface area contributed by atoms with Gasteiger partial charge in [-0.3, -0.25) is 9.59 Å². The van der Waals surface area contributed by atoms with Crippen molar-refractivity contribution in [2.75, 3.05) is 24.1 Å². The van der Waals surface area contributed by atoms with E-state index >= 15 is 0 Å². The van der Waals surface area contributed by atoms with Crippen LogP contribution in [0.3, 0.4) is 0 Å². The number of anilines is 2. The van der Waals surface area contributed by atoms with Gasteiger partial charge in [-0.2, -0.15) is 5.10 Å². The van der Waals surface area contributed by atoms with Gasteiger partial charge in [0.1, 0.15) is 17.9 Å². The number of rotatable bonds is 4. The second kappa shape index (κ2) is 7.71. The lowest BCUT2D eigenvalue weighted by Crippen LogP contribution is -2.27. The number of nitrogen functional groups attached to an aromatic ring is 1. The number of nitrogens with one attached hydrogen (secondary N) is 1. The summed E-state index contributed by atoms with van der Waals surface area (Å²) in [6, 6.07) is 3.00. The quantitative estimate of drug-likeness (QED) is 0.432. The molecular formula is C21H23N7O3. The van der Waals surface area contributed by atoms with Crippen LogP contribution in [0.15, 0.2) is 31.1 Å². The summed E-state index contributed by atoms with van der Waals surface area (Å²) in [5, 5.41) is 17.6. The smallest absolute Gasteiger partial charge is 0.277 e. The second-order valence-corrected chi connectivity index (χ2v) is 7.52. The molecule has 0 radical (unpaired) electrons. The molecule has 0 aliphatic carbocycles. The first-order valence-electron chi connectivity index (χ1n) is 9.82. The number of aromatic hydroxyl groups is 1. The van der Waals surface area contributed by atoms with E-state index in [9.17, 15) is 14.7 Å². The first-order chi connectivity index (χ1) is 14.8. The van der Waals surface area contributed by atoms with Crippen LogP contribution >= 0.6 is 0 Å². The summed E-state index contributed by atoms with van der Waals surface area (Å²) in [6.45, 7) is 8.10. The molecule has 3 heterocycles. The molecule has 1 atom stereocenters. The predicted molar refractivity (Wildman–Crippen MR) is 116 cm³/mol. The Bertz CT molecular complexity index is 1220. The average Bonchev–Trinajstić information content (AvgIpc) is 3.39. The Morgan fingerprint density at radius 2 is 2.06 bits per heavy atom. The number of likely N-dealkylation sites (tertiary alicyclic amines) is 1. The highest BCUT2D eigenvalue weighted by Gasteiger charge is 2.31. The molecule has 31 heavy (non-hydrogen) atoms. The summed E-state index contributed by atoms with van der Waals surface area (Å²) < 4.78 is 1.65. The number of carbonyl (C=O) groups excluding carboxylic acids is 2. The van der Waals surface area contributed by atoms with Crippen molar-refractivity contribution < 1.29 is 14.7 Å². The number of fused-ring (bicyclic) bond motifs is 1. The first kappa shape index (κ1) is 20.3. The van der Waals surface area contributed by atoms with Crippen LogP contribution in [-0.2, 0) is 4.79 Å². The molecule has 0 saturated carbocycles. The fourth-order valence-corrected chi connectivity index (χ4v) is 3.80. The van der Waals surface area contributed by atoms with Crippen molar-refractivity contribution in [1.29, 1.82) is 0 Å². The molecule has 1 saturated heterocycles. The van der Waals surface area contributed by atoms with Crippen molar-refractivity contribution >= 4 is 34.4 Å². The second-order valence-electron chi connectivity index (χ2n) is 7.52. The van der Waals surface area contributed by atoms with Crippen LogP contribution < -0.4 is 11.1 Å². The van der Waals surface area contributed by atoms with Gasteiger partial charge in [-0.25, -0.2) is 14.6 Å². The third-order valence-electron chi connectivity index (χ3n) is 5.74. The molecule has 2 amide bonds. The van der Waals surface area contributed by atoms with Crippen LogP contribution in [-0.4, -0.2) is 54.7 Å². The fraction of sp³-hybridized carbons (Fsp3) is 0.286. The van der Waals surface area contributed by atoms with Crippen molar-refractivity contribution in [3.8, 4) is 5.75 Å². The third-order valence-corrected chi connectivity index (χ3v) is 5.74. The van der Waals surface area contributed by atoms with E-state index in [0.717, 1.165) is 5.56 Å². The Kier molecular flexibility index (Phi) is 5.05. The summed E-state index contributed by atoms with van der Waals surface area (Å²) in [4.78, 5) is 35.1. The first-order valence-corrected chi connectivity index (χ1v) is 9.82. The summed E-state index contributed by atoms with van der Waals surface area (Å²) in [7, 11) is 0. The van der Waals surface area contributed by atoms with Crippen LogP contribution in [0.4, 0.5) is 11.5 Å². The molecule has 2 aromatic heterocycles. The van der Waals surface area contributed by atoms with Gasteiger partial charge in [0.05, 0.1) is 11.4 Å². The van der Waals surface area contributed by atoms with E-state index in [0.29, 0.717) is 41.8 Å². The molecule has 10 heteroatoms. The van der Waals surface area contributed by atoms with Crippen LogP contribution in [0, 0.1) is 13.8 Å². The van der Waals surface area contributed by atoms with Gasteiger partial charge < -0.3 is 21.1 Å². The number of aromatic nitrogens is 4. The number of nitrogens with zero attached hydrogens (tertiary/aromatic N) is 5. The number of phenols is 1. The zero-order valence-corrected chi connectivity index (χ0v) is 17.3. The lowest BCUT2D eigenvalue weighted by molar-refractivity contribution is -0.125. The van der Waals surface area contributed by atoms with Gasteiger partial charge in [-0.1, -0.05) is 6.58 Å². The molecular weight excluding hydrogens is 398 g/mol. The molecule has 4 N–H and O–H groups in total. The highest BCUT2D eigenvalue weighted by molar-refractivity contribution is 6.13. The minimum atomic E-state index is -0.463. The van der Waals surface area contributed by atoms with E-state index in [1.807, 2.05) is 6.92 Å². The van der Waals surface area contributed by atoms with Crippen LogP contribution in [0.1, 0.15) is 34.1 Å². The monoisotopic (exact) mass is 421 g/mol. The topological polar surface area (TPSA) is 139 Å². The van der Waals surface area contributed by atoms with Gasteiger partial charge in [0.15, 0.2) is 11.3 Å². The molecule has 160 valence electrons. The predicted octanol–water partition coefficient (Wildman–Crippen LogP) is 1.94. The summed E-state index contributed by atoms with van der Waals surface area (Å²) in [6.07, 6.45) is 3.27.